The normalized spacial score (nSPS) is 25.5. The third-order valence-electron chi connectivity index (χ3n) is 1.95. The number of carboxylic acid groups (broad SMARTS) is 1. The minimum Gasteiger partial charge on any atom is -0.480 e. The molecule has 0 aromatic rings. The van der Waals surface area contributed by atoms with Crippen LogP contribution in [-0.2, 0) is 14.3 Å². The lowest BCUT2D eigenvalue weighted by Crippen LogP contribution is -2.38. The Kier molecular flexibility index (Phi) is 4.14. The standard InChI is InChI=1S/C8H15NO4/c9-7(8(10)11)5-13-6-2-1-3-12-4-6/h6-7H,1-5,9H2,(H,10,11)/t6?,7-/m0/s1. The monoisotopic (exact) mass is 189 g/mol. The van der Waals surface area contributed by atoms with Crippen molar-refractivity contribution in [1.29, 1.82) is 0 Å². The van der Waals surface area contributed by atoms with Gasteiger partial charge in [-0.15, -0.1) is 0 Å². The third kappa shape index (κ3) is 3.71. The molecule has 1 unspecified atom stereocenters. The number of hydrogen-bond donors (Lipinski definition) is 2. The van der Waals surface area contributed by atoms with Gasteiger partial charge in [-0.3, -0.25) is 4.79 Å². The van der Waals surface area contributed by atoms with E-state index in [9.17, 15) is 4.79 Å². The number of rotatable bonds is 4. The maximum absolute atomic E-state index is 10.3. The Morgan fingerprint density at radius 2 is 2.54 bits per heavy atom. The summed E-state index contributed by atoms with van der Waals surface area (Å²) >= 11 is 0. The van der Waals surface area contributed by atoms with Crippen molar-refractivity contribution in [3.63, 3.8) is 0 Å². The Balaban J connectivity index is 2.13. The predicted molar refractivity (Wildman–Crippen MR) is 45.4 cm³/mol. The van der Waals surface area contributed by atoms with Crippen molar-refractivity contribution in [3.05, 3.63) is 0 Å². The summed E-state index contributed by atoms with van der Waals surface area (Å²) in [4.78, 5) is 10.3. The van der Waals surface area contributed by atoms with E-state index in [0.29, 0.717) is 6.61 Å². The van der Waals surface area contributed by atoms with Crippen LogP contribution in [0.3, 0.4) is 0 Å². The third-order valence-corrected chi connectivity index (χ3v) is 1.95. The summed E-state index contributed by atoms with van der Waals surface area (Å²) in [5.41, 5.74) is 5.27. The van der Waals surface area contributed by atoms with Gasteiger partial charge in [0.2, 0.25) is 0 Å². The van der Waals surface area contributed by atoms with Gasteiger partial charge < -0.3 is 20.3 Å². The molecule has 5 nitrogen and oxygen atoms in total. The molecule has 1 aliphatic rings. The van der Waals surface area contributed by atoms with Crippen LogP contribution in [0.15, 0.2) is 0 Å². The quantitative estimate of drug-likeness (QED) is 0.628. The van der Waals surface area contributed by atoms with Crippen LogP contribution in [0.1, 0.15) is 12.8 Å². The zero-order valence-corrected chi connectivity index (χ0v) is 7.44. The second-order valence-corrected chi connectivity index (χ2v) is 3.12. The van der Waals surface area contributed by atoms with Crippen LogP contribution in [0.2, 0.25) is 0 Å². The second kappa shape index (κ2) is 5.16. The number of carbonyl (C=O) groups is 1. The molecule has 1 aliphatic heterocycles. The van der Waals surface area contributed by atoms with E-state index in [4.69, 9.17) is 20.3 Å². The van der Waals surface area contributed by atoms with Gasteiger partial charge in [0.15, 0.2) is 0 Å². The molecule has 0 bridgehead atoms. The summed E-state index contributed by atoms with van der Waals surface area (Å²) in [6.45, 7) is 1.38. The van der Waals surface area contributed by atoms with Gasteiger partial charge in [0.1, 0.15) is 6.04 Å². The van der Waals surface area contributed by atoms with E-state index in [1.54, 1.807) is 0 Å². The van der Waals surface area contributed by atoms with E-state index in [1.807, 2.05) is 0 Å². The van der Waals surface area contributed by atoms with Crippen LogP contribution in [0.4, 0.5) is 0 Å². The van der Waals surface area contributed by atoms with Crippen molar-refractivity contribution in [2.75, 3.05) is 19.8 Å². The predicted octanol–water partition coefficient (Wildman–Crippen LogP) is -0.406. The maximum Gasteiger partial charge on any atom is 0.322 e. The lowest BCUT2D eigenvalue weighted by molar-refractivity contribution is -0.141. The Hall–Kier alpha value is -0.650. The largest absolute Gasteiger partial charge is 0.480 e. The molecule has 1 fully saturated rings. The molecule has 3 N–H and O–H groups in total. The SMILES string of the molecule is N[C@@H](COC1CCCOC1)C(=O)O. The average molecular weight is 189 g/mol. The molecule has 0 aliphatic carbocycles. The average Bonchev–Trinajstić information content (AvgIpc) is 2.15. The Morgan fingerprint density at radius 3 is 3.08 bits per heavy atom. The molecule has 0 aromatic carbocycles. The first kappa shape index (κ1) is 10.4. The fourth-order valence-corrected chi connectivity index (χ4v) is 1.15. The van der Waals surface area contributed by atoms with Crippen molar-refractivity contribution < 1.29 is 19.4 Å². The van der Waals surface area contributed by atoms with Crippen LogP contribution >= 0.6 is 0 Å². The first-order valence-corrected chi connectivity index (χ1v) is 4.38. The van der Waals surface area contributed by atoms with E-state index >= 15 is 0 Å². The molecule has 2 atom stereocenters. The Morgan fingerprint density at radius 1 is 1.77 bits per heavy atom. The van der Waals surface area contributed by atoms with Gasteiger partial charge in [0.05, 0.1) is 19.3 Å². The number of nitrogens with two attached hydrogens (primary N) is 1. The summed E-state index contributed by atoms with van der Waals surface area (Å²) in [6.07, 6.45) is 1.90. The van der Waals surface area contributed by atoms with Crippen LogP contribution in [-0.4, -0.2) is 43.0 Å². The summed E-state index contributed by atoms with van der Waals surface area (Å²) < 4.78 is 10.4. The van der Waals surface area contributed by atoms with Crippen LogP contribution in [0.5, 0.6) is 0 Å². The fourth-order valence-electron chi connectivity index (χ4n) is 1.15. The zero-order valence-electron chi connectivity index (χ0n) is 7.44. The van der Waals surface area contributed by atoms with Gasteiger partial charge >= 0.3 is 5.97 Å². The van der Waals surface area contributed by atoms with E-state index in [1.165, 1.54) is 0 Å². The van der Waals surface area contributed by atoms with Gasteiger partial charge in [0, 0.05) is 6.61 Å². The summed E-state index contributed by atoms with van der Waals surface area (Å²) in [6, 6.07) is -0.929. The highest BCUT2D eigenvalue weighted by Crippen LogP contribution is 2.09. The zero-order chi connectivity index (χ0) is 9.68. The van der Waals surface area contributed by atoms with E-state index in [2.05, 4.69) is 0 Å². The van der Waals surface area contributed by atoms with Crippen LogP contribution < -0.4 is 5.73 Å². The Labute approximate surface area is 76.8 Å². The first-order chi connectivity index (χ1) is 6.20. The van der Waals surface area contributed by atoms with Gasteiger partial charge in [0.25, 0.3) is 0 Å². The molecule has 0 saturated carbocycles. The molecule has 0 amide bonds. The van der Waals surface area contributed by atoms with Crippen molar-refractivity contribution in [2.24, 2.45) is 5.73 Å². The molecule has 13 heavy (non-hydrogen) atoms. The molecule has 0 aromatic heterocycles. The van der Waals surface area contributed by atoms with Crippen LogP contribution in [0.25, 0.3) is 0 Å². The van der Waals surface area contributed by atoms with Gasteiger partial charge in [-0.05, 0) is 12.8 Å². The first-order valence-electron chi connectivity index (χ1n) is 4.38. The van der Waals surface area contributed by atoms with Crippen molar-refractivity contribution >= 4 is 5.97 Å². The molecule has 5 heteroatoms. The number of ether oxygens (including phenoxy) is 2. The molecule has 1 heterocycles. The number of hydrogen-bond acceptors (Lipinski definition) is 4. The highest BCUT2D eigenvalue weighted by atomic mass is 16.5. The number of aliphatic carboxylic acids is 1. The van der Waals surface area contributed by atoms with Gasteiger partial charge in [-0.25, -0.2) is 0 Å². The molecule has 0 radical (unpaired) electrons. The lowest BCUT2D eigenvalue weighted by atomic mass is 10.2. The molecule has 1 rings (SSSR count). The summed E-state index contributed by atoms with van der Waals surface area (Å²) in [5, 5.41) is 8.48. The minimum absolute atomic E-state index is 0.0131. The second-order valence-electron chi connectivity index (χ2n) is 3.12. The maximum atomic E-state index is 10.3. The Bertz CT molecular complexity index is 168. The summed E-state index contributed by atoms with van der Waals surface area (Å²) in [7, 11) is 0. The van der Waals surface area contributed by atoms with Gasteiger partial charge in [-0.1, -0.05) is 0 Å². The van der Waals surface area contributed by atoms with Crippen molar-refractivity contribution in [2.45, 2.75) is 25.0 Å². The fraction of sp³-hybridized carbons (Fsp3) is 0.875. The molecular formula is C8H15NO4. The number of carboxylic acids is 1. The molecular weight excluding hydrogens is 174 g/mol. The highest BCUT2D eigenvalue weighted by Gasteiger charge is 2.18. The van der Waals surface area contributed by atoms with E-state index < -0.39 is 12.0 Å². The lowest BCUT2D eigenvalue weighted by Gasteiger charge is -2.23. The minimum atomic E-state index is -1.03. The van der Waals surface area contributed by atoms with Crippen molar-refractivity contribution in [1.82, 2.24) is 0 Å². The van der Waals surface area contributed by atoms with Gasteiger partial charge in [-0.2, -0.15) is 0 Å². The molecule has 1 saturated heterocycles. The van der Waals surface area contributed by atoms with E-state index in [-0.39, 0.29) is 12.7 Å². The molecule has 76 valence electrons. The van der Waals surface area contributed by atoms with E-state index in [0.717, 1.165) is 19.4 Å². The smallest absolute Gasteiger partial charge is 0.322 e. The topological polar surface area (TPSA) is 81.8 Å². The van der Waals surface area contributed by atoms with Crippen LogP contribution in [0, 0.1) is 0 Å². The summed E-state index contributed by atoms with van der Waals surface area (Å²) in [5.74, 6) is -1.03. The van der Waals surface area contributed by atoms with Crippen molar-refractivity contribution in [3.8, 4) is 0 Å². The highest BCUT2D eigenvalue weighted by molar-refractivity contribution is 5.73. The molecule has 0 spiro atoms.